The summed E-state index contributed by atoms with van der Waals surface area (Å²) in [4.78, 5) is 29.1. The van der Waals surface area contributed by atoms with Crippen molar-refractivity contribution in [3.63, 3.8) is 0 Å². The zero-order valence-corrected chi connectivity index (χ0v) is 19.2. The summed E-state index contributed by atoms with van der Waals surface area (Å²) in [6.45, 7) is 6.64. The van der Waals surface area contributed by atoms with Crippen LogP contribution in [0.25, 0.3) is 0 Å². The van der Waals surface area contributed by atoms with E-state index in [9.17, 15) is 14.0 Å². The third-order valence-corrected chi connectivity index (χ3v) is 5.92. The van der Waals surface area contributed by atoms with Gasteiger partial charge in [0.25, 0.3) is 0 Å². The number of nitrogens with zero attached hydrogens (tertiary/aromatic N) is 2. The maximum absolute atomic E-state index is 12.9. The van der Waals surface area contributed by atoms with Crippen LogP contribution in [-0.2, 0) is 16.1 Å². The molecule has 0 aliphatic rings. The number of imidazole rings is 1. The summed E-state index contributed by atoms with van der Waals surface area (Å²) in [7, 11) is 0. The van der Waals surface area contributed by atoms with E-state index in [2.05, 4.69) is 34.0 Å². The number of amides is 2. The molecule has 3 aromatic rings. The van der Waals surface area contributed by atoms with Gasteiger partial charge in [-0.1, -0.05) is 26.0 Å². The maximum atomic E-state index is 12.9. The van der Waals surface area contributed by atoms with Crippen LogP contribution >= 0.6 is 11.8 Å². The lowest BCUT2D eigenvalue weighted by Gasteiger charge is -2.14. The number of thioether (sulfide) groups is 1. The van der Waals surface area contributed by atoms with Gasteiger partial charge in [-0.25, -0.2) is 9.37 Å². The van der Waals surface area contributed by atoms with E-state index in [0.717, 1.165) is 11.4 Å². The lowest BCUT2D eigenvalue weighted by molar-refractivity contribution is -0.115. The van der Waals surface area contributed by atoms with Crippen LogP contribution in [0.1, 0.15) is 38.1 Å². The van der Waals surface area contributed by atoms with Crippen molar-refractivity contribution < 1.29 is 14.0 Å². The molecule has 0 aliphatic heterocycles. The van der Waals surface area contributed by atoms with Crippen LogP contribution < -0.4 is 10.6 Å². The van der Waals surface area contributed by atoms with Gasteiger partial charge in [0.2, 0.25) is 11.8 Å². The Morgan fingerprint density at radius 2 is 1.81 bits per heavy atom. The predicted octanol–water partition coefficient (Wildman–Crippen LogP) is 4.89. The number of aromatic nitrogens is 2. The number of halogens is 1. The Morgan fingerprint density at radius 3 is 2.53 bits per heavy atom. The van der Waals surface area contributed by atoms with Crippen molar-refractivity contribution in [1.29, 1.82) is 0 Å². The van der Waals surface area contributed by atoms with Crippen LogP contribution in [0.3, 0.4) is 0 Å². The van der Waals surface area contributed by atoms with E-state index >= 15 is 0 Å². The fraction of sp³-hybridized carbons (Fsp3) is 0.292. The van der Waals surface area contributed by atoms with Crippen LogP contribution in [-0.4, -0.2) is 32.4 Å². The summed E-state index contributed by atoms with van der Waals surface area (Å²) in [5.41, 5.74) is 2.29. The standard InChI is InChI=1S/C24H27FN4O2S/c1-16(2)23-26-11-12-29(23)14-18-5-4-6-21(13-18)28-24(31)17(3)32-15-22(30)27-20-9-7-19(25)8-10-20/h4-13,16-17H,14-15H2,1-3H3,(H,27,30)(H,28,31). The molecule has 8 heteroatoms. The first-order chi connectivity index (χ1) is 15.3. The fourth-order valence-corrected chi connectivity index (χ4v) is 3.83. The van der Waals surface area contributed by atoms with E-state index in [4.69, 9.17) is 0 Å². The number of benzene rings is 2. The second-order valence-corrected chi connectivity index (χ2v) is 9.10. The average molecular weight is 455 g/mol. The Labute approximate surface area is 191 Å². The third kappa shape index (κ3) is 6.68. The van der Waals surface area contributed by atoms with Crippen molar-refractivity contribution in [2.24, 2.45) is 0 Å². The molecule has 32 heavy (non-hydrogen) atoms. The molecule has 3 rings (SSSR count). The molecule has 2 amide bonds. The molecule has 0 aliphatic carbocycles. The molecule has 168 valence electrons. The molecule has 2 aromatic carbocycles. The van der Waals surface area contributed by atoms with Crippen LogP contribution in [0.5, 0.6) is 0 Å². The first-order valence-corrected chi connectivity index (χ1v) is 11.4. The van der Waals surface area contributed by atoms with Gasteiger partial charge >= 0.3 is 0 Å². The van der Waals surface area contributed by atoms with E-state index in [0.29, 0.717) is 23.8 Å². The molecule has 0 bridgehead atoms. The van der Waals surface area contributed by atoms with Gasteiger partial charge in [-0.2, -0.15) is 0 Å². The highest BCUT2D eigenvalue weighted by Gasteiger charge is 2.16. The maximum Gasteiger partial charge on any atom is 0.237 e. The van der Waals surface area contributed by atoms with Gasteiger partial charge in [0.05, 0.1) is 11.0 Å². The summed E-state index contributed by atoms with van der Waals surface area (Å²) in [6.07, 6.45) is 3.75. The van der Waals surface area contributed by atoms with Gasteiger partial charge in [0.1, 0.15) is 11.6 Å². The highest BCUT2D eigenvalue weighted by Crippen LogP contribution is 2.19. The summed E-state index contributed by atoms with van der Waals surface area (Å²) in [6, 6.07) is 13.3. The number of hydrogen-bond acceptors (Lipinski definition) is 4. The van der Waals surface area contributed by atoms with Crippen molar-refractivity contribution in [3.05, 3.63) is 78.1 Å². The molecule has 0 radical (unpaired) electrons. The van der Waals surface area contributed by atoms with Crippen LogP contribution in [0.2, 0.25) is 0 Å². The summed E-state index contributed by atoms with van der Waals surface area (Å²) in [5.74, 6) is 0.674. The molecule has 0 spiro atoms. The van der Waals surface area contributed by atoms with Crippen LogP contribution in [0.15, 0.2) is 60.9 Å². The van der Waals surface area contributed by atoms with Crippen molar-refractivity contribution in [2.45, 2.75) is 38.5 Å². The molecule has 0 saturated heterocycles. The first-order valence-electron chi connectivity index (χ1n) is 10.4. The first kappa shape index (κ1) is 23.5. The summed E-state index contributed by atoms with van der Waals surface area (Å²) >= 11 is 1.24. The van der Waals surface area contributed by atoms with Gasteiger partial charge in [-0.3, -0.25) is 9.59 Å². The minimum Gasteiger partial charge on any atom is -0.330 e. The summed E-state index contributed by atoms with van der Waals surface area (Å²) < 4.78 is 15.1. The average Bonchev–Trinajstić information content (AvgIpc) is 3.22. The molecule has 2 N–H and O–H groups in total. The smallest absolute Gasteiger partial charge is 0.237 e. The summed E-state index contributed by atoms with van der Waals surface area (Å²) in [5, 5.41) is 5.19. The quantitative estimate of drug-likeness (QED) is 0.483. The molecule has 1 heterocycles. The third-order valence-electron chi connectivity index (χ3n) is 4.77. The molecule has 0 fully saturated rings. The van der Waals surface area contributed by atoms with Crippen molar-refractivity contribution in [1.82, 2.24) is 9.55 Å². The van der Waals surface area contributed by atoms with Gasteiger partial charge in [-0.05, 0) is 48.9 Å². The normalized spacial score (nSPS) is 11.9. The monoisotopic (exact) mass is 454 g/mol. The molecule has 0 saturated carbocycles. The Morgan fingerprint density at radius 1 is 1.06 bits per heavy atom. The van der Waals surface area contributed by atoms with Crippen molar-refractivity contribution >= 4 is 35.0 Å². The number of anilines is 2. The minimum absolute atomic E-state index is 0.116. The number of hydrogen-bond donors (Lipinski definition) is 2. The van der Waals surface area contributed by atoms with E-state index in [1.165, 1.54) is 36.0 Å². The van der Waals surface area contributed by atoms with E-state index < -0.39 is 5.25 Å². The zero-order chi connectivity index (χ0) is 23.1. The number of rotatable bonds is 9. The van der Waals surface area contributed by atoms with Crippen molar-refractivity contribution in [2.75, 3.05) is 16.4 Å². The largest absolute Gasteiger partial charge is 0.330 e. The van der Waals surface area contributed by atoms with Gasteiger partial charge in [-0.15, -0.1) is 11.8 Å². The highest BCUT2D eigenvalue weighted by atomic mass is 32.2. The molecule has 1 unspecified atom stereocenters. The molecule has 1 atom stereocenters. The number of nitrogens with one attached hydrogen (secondary N) is 2. The molecule has 6 nitrogen and oxygen atoms in total. The van der Waals surface area contributed by atoms with E-state index in [1.807, 2.05) is 30.5 Å². The van der Waals surface area contributed by atoms with E-state index in [-0.39, 0.29) is 23.4 Å². The second-order valence-electron chi connectivity index (χ2n) is 7.77. The molecule has 1 aromatic heterocycles. The minimum atomic E-state index is -0.418. The van der Waals surface area contributed by atoms with Crippen LogP contribution in [0, 0.1) is 5.82 Å². The SMILES string of the molecule is CC(SCC(=O)Nc1ccc(F)cc1)C(=O)Nc1cccc(Cn2ccnc2C(C)C)c1. The van der Waals surface area contributed by atoms with Gasteiger partial charge in [0.15, 0.2) is 0 Å². The topological polar surface area (TPSA) is 76.0 Å². The Hall–Kier alpha value is -3.13. The molecular formula is C24H27FN4O2S. The van der Waals surface area contributed by atoms with Gasteiger partial charge < -0.3 is 15.2 Å². The number of carbonyl (C=O) groups excluding carboxylic acids is 2. The van der Waals surface area contributed by atoms with Gasteiger partial charge in [0, 0.05) is 36.2 Å². The fourth-order valence-electron chi connectivity index (χ4n) is 3.15. The zero-order valence-electron chi connectivity index (χ0n) is 18.3. The van der Waals surface area contributed by atoms with Crippen LogP contribution in [0.4, 0.5) is 15.8 Å². The second kappa shape index (κ2) is 10.9. The van der Waals surface area contributed by atoms with Crippen molar-refractivity contribution in [3.8, 4) is 0 Å². The Kier molecular flexibility index (Phi) is 8.05. The lowest BCUT2D eigenvalue weighted by atomic mass is 10.1. The Bertz CT molecular complexity index is 1070. The molecular weight excluding hydrogens is 427 g/mol. The highest BCUT2D eigenvalue weighted by molar-refractivity contribution is 8.01. The lowest BCUT2D eigenvalue weighted by Crippen LogP contribution is -2.25. The number of carbonyl (C=O) groups is 2. The predicted molar refractivity (Wildman–Crippen MR) is 127 cm³/mol. The Balaban J connectivity index is 1.51. The van der Waals surface area contributed by atoms with E-state index in [1.54, 1.807) is 13.1 Å².